The van der Waals surface area contributed by atoms with E-state index in [4.69, 9.17) is 16.3 Å². The highest BCUT2D eigenvalue weighted by molar-refractivity contribution is 6.31. The molecule has 0 amide bonds. The minimum atomic E-state index is -0.485. The van der Waals surface area contributed by atoms with E-state index in [0.29, 0.717) is 18.2 Å². The van der Waals surface area contributed by atoms with Gasteiger partial charge in [-0.3, -0.25) is 0 Å². The number of halogens is 2. The van der Waals surface area contributed by atoms with Gasteiger partial charge in [0.15, 0.2) is 5.82 Å². The molecule has 0 aliphatic rings. The summed E-state index contributed by atoms with van der Waals surface area (Å²) in [6, 6.07) is 4.90. The predicted molar refractivity (Wildman–Crippen MR) is 78.2 cm³/mol. The fraction of sp³-hybridized carbons (Fsp3) is 0.357. The average molecular weight is 298 g/mol. The number of nitrogens with one attached hydrogen (secondary N) is 1. The molecule has 20 heavy (non-hydrogen) atoms. The molecule has 0 radical (unpaired) electrons. The van der Waals surface area contributed by atoms with Crippen molar-refractivity contribution in [3.8, 4) is 0 Å². The summed E-state index contributed by atoms with van der Waals surface area (Å²) in [6.45, 7) is 4.43. The van der Waals surface area contributed by atoms with Gasteiger partial charge in [0.05, 0.1) is 29.1 Å². The van der Waals surface area contributed by atoms with Crippen LogP contribution >= 0.6 is 11.6 Å². The van der Waals surface area contributed by atoms with Gasteiger partial charge in [-0.15, -0.1) is 0 Å². The molecule has 108 valence electrons. The van der Waals surface area contributed by atoms with Crippen LogP contribution in [0.4, 0.5) is 16.0 Å². The number of nitrogens with zero attached hydrogens (tertiary/aromatic N) is 2. The molecule has 2 rings (SSSR count). The van der Waals surface area contributed by atoms with Crippen LogP contribution in [0.15, 0.2) is 24.4 Å². The normalized spacial score (nSPS) is 12.4. The van der Waals surface area contributed by atoms with Crippen LogP contribution in [0.2, 0.25) is 5.02 Å². The molecule has 1 aromatic carbocycles. The van der Waals surface area contributed by atoms with Gasteiger partial charge in [0.2, 0.25) is 5.95 Å². The van der Waals surface area contributed by atoms with Crippen LogP contribution in [-0.2, 0) is 4.74 Å². The third-order valence-electron chi connectivity index (χ3n) is 2.93. The van der Waals surface area contributed by atoms with E-state index in [2.05, 4.69) is 10.3 Å². The molecule has 0 aliphatic carbocycles. The SMILES string of the molecule is COCC(C)n1cc(C)nc1Nc1cccc(Cl)c1F. The minimum Gasteiger partial charge on any atom is -0.383 e. The van der Waals surface area contributed by atoms with Crippen LogP contribution in [0.5, 0.6) is 0 Å². The zero-order valence-corrected chi connectivity index (χ0v) is 12.4. The fourth-order valence-corrected chi connectivity index (χ4v) is 2.16. The van der Waals surface area contributed by atoms with E-state index in [1.54, 1.807) is 19.2 Å². The van der Waals surface area contributed by atoms with E-state index in [1.165, 1.54) is 6.07 Å². The Bertz CT molecular complexity index is 600. The fourth-order valence-electron chi connectivity index (χ4n) is 1.99. The summed E-state index contributed by atoms with van der Waals surface area (Å²) >= 11 is 5.78. The minimum absolute atomic E-state index is 0.0785. The standard InChI is InChI=1S/C14H17ClFN3O/c1-9-7-19(10(2)8-20-3)14(17-9)18-12-6-4-5-11(15)13(12)16/h4-7,10H,8H2,1-3H3,(H,17,18). The number of rotatable bonds is 5. The van der Waals surface area contributed by atoms with E-state index in [-0.39, 0.29) is 11.1 Å². The molecular weight excluding hydrogens is 281 g/mol. The van der Waals surface area contributed by atoms with Crippen LogP contribution in [0.1, 0.15) is 18.7 Å². The first-order valence-electron chi connectivity index (χ1n) is 6.28. The topological polar surface area (TPSA) is 39.1 Å². The quantitative estimate of drug-likeness (QED) is 0.908. The van der Waals surface area contributed by atoms with Gasteiger partial charge in [0, 0.05) is 13.3 Å². The van der Waals surface area contributed by atoms with Crippen molar-refractivity contribution in [2.45, 2.75) is 19.9 Å². The monoisotopic (exact) mass is 297 g/mol. The number of methoxy groups -OCH3 is 1. The molecule has 0 bridgehead atoms. The highest BCUT2D eigenvalue weighted by atomic mass is 35.5. The van der Waals surface area contributed by atoms with Crippen molar-refractivity contribution in [1.82, 2.24) is 9.55 Å². The highest BCUT2D eigenvalue weighted by Gasteiger charge is 2.14. The molecule has 4 nitrogen and oxygen atoms in total. The van der Waals surface area contributed by atoms with Gasteiger partial charge in [-0.2, -0.15) is 0 Å². The number of aromatic nitrogens is 2. The van der Waals surface area contributed by atoms with Crippen molar-refractivity contribution < 1.29 is 9.13 Å². The van der Waals surface area contributed by atoms with Crippen molar-refractivity contribution in [3.63, 3.8) is 0 Å². The molecule has 1 heterocycles. The Morgan fingerprint density at radius 3 is 2.95 bits per heavy atom. The maximum Gasteiger partial charge on any atom is 0.207 e. The van der Waals surface area contributed by atoms with E-state index in [1.807, 2.05) is 24.6 Å². The number of hydrogen-bond acceptors (Lipinski definition) is 3. The summed E-state index contributed by atoms with van der Waals surface area (Å²) in [4.78, 5) is 4.37. The Hall–Kier alpha value is -1.59. The molecule has 6 heteroatoms. The summed E-state index contributed by atoms with van der Waals surface area (Å²) in [5.74, 6) is 0.0778. The number of hydrogen-bond donors (Lipinski definition) is 1. The predicted octanol–water partition coefficient (Wildman–Crippen LogP) is 3.94. The molecule has 1 unspecified atom stereocenters. The first kappa shape index (κ1) is 14.8. The van der Waals surface area contributed by atoms with Gasteiger partial charge >= 0.3 is 0 Å². The molecule has 0 spiro atoms. The lowest BCUT2D eigenvalue weighted by atomic mass is 10.3. The van der Waals surface area contributed by atoms with Crippen molar-refractivity contribution in [2.75, 3.05) is 19.0 Å². The lowest BCUT2D eigenvalue weighted by Gasteiger charge is -2.16. The first-order valence-corrected chi connectivity index (χ1v) is 6.66. The molecule has 1 N–H and O–H groups in total. The molecule has 2 aromatic rings. The second kappa shape index (κ2) is 6.24. The number of imidazole rings is 1. The molecule has 0 aliphatic heterocycles. The van der Waals surface area contributed by atoms with Crippen LogP contribution in [0.25, 0.3) is 0 Å². The van der Waals surface area contributed by atoms with Gasteiger partial charge < -0.3 is 14.6 Å². The van der Waals surface area contributed by atoms with Gasteiger partial charge in [0.25, 0.3) is 0 Å². The number of aryl methyl sites for hydroxylation is 1. The molecule has 1 aromatic heterocycles. The zero-order chi connectivity index (χ0) is 14.7. The zero-order valence-electron chi connectivity index (χ0n) is 11.7. The average Bonchev–Trinajstić information content (AvgIpc) is 2.76. The Labute approximate surface area is 122 Å². The second-order valence-electron chi connectivity index (χ2n) is 4.64. The van der Waals surface area contributed by atoms with Crippen molar-refractivity contribution in [1.29, 1.82) is 0 Å². The van der Waals surface area contributed by atoms with E-state index in [9.17, 15) is 4.39 Å². The summed E-state index contributed by atoms with van der Waals surface area (Å²) in [5, 5.41) is 3.06. The van der Waals surface area contributed by atoms with Crippen molar-refractivity contribution in [2.24, 2.45) is 0 Å². The molecule has 0 fully saturated rings. The number of anilines is 2. The molecule has 0 saturated heterocycles. The lowest BCUT2D eigenvalue weighted by Crippen LogP contribution is -2.13. The molecular formula is C14H17ClFN3O. The van der Waals surface area contributed by atoms with E-state index < -0.39 is 5.82 Å². The van der Waals surface area contributed by atoms with E-state index in [0.717, 1.165) is 5.69 Å². The van der Waals surface area contributed by atoms with Gasteiger partial charge in [-0.25, -0.2) is 9.37 Å². The maximum absolute atomic E-state index is 13.9. The van der Waals surface area contributed by atoms with Gasteiger partial charge in [0.1, 0.15) is 0 Å². The van der Waals surface area contributed by atoms with Crippen molar-refractivity contribution in [3.05, 3.63) is 40.9 Å². The largest absolute Gasteiger partial charge is 0.383 e. The van der Waals surface area contributed by atoms with Crippen LogP contribution in [-0.4, -0.2) is 23.3 Å². The smallest absolute Gasteiger partial charge is 0.207 e. The lowest BCUT2D eigenvalue weighted by molar-refractivity contribution is 0.163. The van der Waals surface area contributed by atoms with Crippen LogP contribution in [0, 0.1) is 12.7 Å². The number of ether oxygens (including phenoxy) is 1. The Balaban J connectivity index is 2.31. The summed E-state index contributed by atoms with van der Waals surface area (Å²) < 4.78 is 21.0. The van der Waals surface area contributed by atoms with Crippen LogP contribution in [0.3, 0.4) is 0 Å². The highest BCUT2D eigenvalue weighted by Crippen LogP contribution is 2.26. The third-order valence-corrected chi connectivity index (χ3v) is 3.23. The summed E-state index contributed by atoms with van der Waals surface area (Å²) in [7, 11) is 1.64. The van der Waals surface area contributed by atoms with Crippen LogP contribution < -0.4 is 5.32 Å². The second-order valence-corrected chi connectivity index (χ2v) is 5.05. The Morgan fingerprint density at radius 1 is 1.50 bits per heavy atom. The third kappa shape index (κ3) is 3.11. The number of benzene rings is 1. The van der Waals surface area contributed by atoms with Crippen molar-refractivity contribution >= 4 is 23.2 Å². The van der Waals surface area contributed by atoms with Gasteiger partial charge in [-0.05, 0) is 26.0 Å². The summed E-state index contributed by atoms with van der Waals surface area (Å²) in [5.41, 5.74) is 1.15. The first-order chi connectivity index (χ1) is 9.52. The van der Waals surface area contributed by atoms with E-state index >= 15 is 0 Å². The Kier molecular flexibility index (Phi) is 4.62. The molecule has 0 saturated carbocycles. The maximum atomic E-state index is 13.9. The summed E-state index contributed by atoms with van der Waals surface area (Å²) in [6.07, 6.45) is 1.90. The molecule has 1 atom stereocenters. The Morgan fingerprint density at radius 2 is 2.25 bits per heavy atom. The van der Waals surface area contributed by atoms with Gasteiger partial charge in [-0.1, -0.05) is 17.7 Å².